The first-order valence-electron chi connectivity index (χ1n) is 8.70. The second kappa shape index (κ2) is 4.71. The highest BCUT2D eigenvalue weighted by Crippen LogP contribution is 2.79. The predicted octanol–water partition coefficient (Wildman–Crippen LogP) is 2.99. The number of nitrogens with zero attached hydrogens (tertiary/aromatic N) is 1. The Kier molecular flexibility index (Phi) is 3.03. The van der Waals surface area contributed by atoms with Gasteiger partial charge in [0.15, 0.2) is 5.78 Å². The third-order valence-corrected chi connectivity index (χ3v) is 6.92. The Morgan fingerprint density at radius 3 is 2.58 bits per heavy atom. The van der Waals surface area contributed by atoms with E-state index < -0.39 is 10.8 Å². The zero-order valence-corrected chi connectivity index (χ0v) is 14.2. The smallest absolute Gasteiger partial charge is 0.234 e. The van der Waals surface area contributed by atoms with Gasteiger partial charge in [0.1, 0.15) is 0 Å². The predicted molar refractivity (Wildman–Crippen MR) is 90.5 cm³/mol. The molecular formula is C20H23NO3. The molecule has 1 N–H and O–H groups in total. The van der Waals surface area contributed by atoms with Gasteiger partial charge in [-0.1, -0.05) is 37.3 Å². The van der Waals surface area contributed by atoms with Gasteiger partial charge in [0, 0.05) is 29.5 Å². The standard InChI is InChI=1S/C20H23NO3/c1-3-21-10-9-19-13-18(19,2)16(23)14(12-22)11-20(19,17(21)24)15-7-5-4-6-8-15/h4-8,12,22H,3,9-11,13H2,1-2H3/b14-12-/t18-,19?,20?/m0/s1. The van der Waals surface area contributed by atoms with Gasteiger partial charge in [-0.05, 0) is 31.7 Å². The van der Waals surface area contributed by atoms with Gasteiger partial charge in [-0.15, -0.1) is 0 Å². The normalized spacial score (nSPS) is 39.6. The molecule has 1 aromatic rings. The number of hydrogen-bond acceptors (Lipinski definition) is 3. The van der Waals surface area contributed by atoms with Crippen molar-refractivity contribution in [3.05, 3.63) is 47.7 Å². The monoisotopic (exact) mass is 325 g/mol. The maximum atomic E-state index is 13.6. The number of ketones is 1. The zero-order valence-electron chi connectivity index (χ0n) is 14.2. The van der Waals surface area contributed by atoms with E-state index in [2.05, 4.69) is 0 Å². The SMILES string of the molecule is CCN1CCC23C[C@@]2(C)C(=O)/C(=C\O)CC3(c2ccccc2)C1=O. The number of carbonyl (C=O) groups is 2. The van der Waals surface area contributed by atoms with Gasteiger partial charge in [-0.3, -0.25) is 9.59 Å². The number of piperidine rings is 1. The third kappa shape index (κ3) is 1.50. The summed E-state index contributed by atoms with van der Waals surface area (Å²) < 4.78 is 0. The second-order valence-corrected chi connectivity index (χ2v) is 7.66. The summed E-state index contributed by atoms with van der Waals surface area (Å²) in [6, 6.07) is 9.86. The number of likely N-dealkylation sites (tertiary alicyclic amines) is 1. The first-order valence-corrected chi connectivity index (χ1v) is 8.70. The number of benzene rings is 1. The first kappa shape index (κ1) is 15.4. The number of amides is 1. The van der Waals surface area contributed by atoms with Gasteiger partial charge < -0.3 is 10.0 Å². The molecular weight excluding hydrogens is 302 g/mol. The second-order valence-electron chi connectivity index (χ2n) is 7.66. The topological polar surface area (TPSA) is 57.6 Å². The van der Waals surface area contributed by atoms with Crippen LogP contribution in [0.4, 0.5) is 0 Å². The van der Waals surface area contributed by atoms with Crippen molar-refractivity contribution < 1.29 is 14.7 Å². The van der Waals surface area contributed by atoms with Crippen LogP contribution in [0, 0.1) is 10.8 Å². The minimum Gasteiger partial charge on any atom is -0.515 e. The quantitative estimate of drug-likeness (QED) is 0.672. The van der Waals surface area contributed by atoms with E-state index in [-0.39, 0.29) is 17.1 Å². The number of Topliss-reactive ketones (excluding diaryl/α,β-unsaturated/α-hetero) is 1. The van der Waals surface area contributed by atoms with Crippen LogP contribution < -0.4 is 0 Å². The molecule has 3 fully saturated rings. The molecule has 1 saturated heterocycles. The Balaban J connectivity index is 1.98. The van der Waals surface area contributed by atoms with Crippen LogP contribution in [0.1, 0.15) is 38.7 Å². The molecule has 1 heterocycles. The van der Waals surface area contributed by atoms with Gasteiger partial charge in [0.25, 0.3) is 0 Å². The summed E-state index contributed by atoms with van der Waals surface area (Å²) in [6.07, 6.45) is 2.81. The van der Waals surface area contributed by atoms with Crippen molar-refractivity contribution >= 4 is 11.7 Å². The molecule has 1 aromatic carbocycles. The Hall–Kier alpha value is -2.10. The van der Waals surface area contributed by atoms with Crippen LogP contribution in [0.25, 0.3) is 0 Å². The molecule has 3 aliphatic rings. The number of aliphatic hydroxyl groups is 1. The fourth-order valence-corrected chi connectivity index (χ4v) is 5.55. The third-order valence-electron chi connectivity index (χ3n) is 6.92. The molecule has 0 aromatic heterocycles. The lowest BCUT2D eigenvalue weighted by atomic mass is 9.54. The van der Waals surface area contributed by atoms with Gasteiger partial charge in [-0.25, -0.2) is 0 Å². The van der Waals surface area contributed by atoms with E-state index in [1.54, 1.807) is 0 Å². The van der Waals surface area contributed by atoms with E-state index in [1.807, 2.05) is 49.1 Å². The van der Waals surface area contributed by atoms with Crippen LogP contribution in [0.5, 0.6) is 0 Å². The molecule has 4 nitrogen and oxygen atoms in total. The van der Waals surface area contributed by atoms with E-state index in [9.17, 15) is 14.7 Å². The van der Waals surface area contributed by atoms with Crippen molar-refractivity contribution in [2.75, 3.05) is 13.1 Å². The van der Waals surface area contributed by atoms with Gasteiger partial charge in [0.2, 0.25) is 5.91 Å². The van der Waals surface area contributed by atoms with E-state index in [4.69, 9.17) is 0 Å². The molecule has 0 bridgehead atoms. The number of likely N-dealkylation sites (N-methyl/N-ethyl adjacent to an activating group) is 1. The molecule has 0 radical (unpaired) electrons. The van der Waals surface area contributed by atoms with Gasteiger partial charge in [-0.2, -0.15) is 0 Å². The average Bonchev–Trinajstić information content (AvgIpc) is 3.24. The Morgan fingerprint density at radius 2 is 1.96 bits per heavy atom. The van der Waals surface area contributed by atoms with E-state index >= 15 is 0 Å². The highest BCUT2D eigenvalue weighted by atomic mass is 16.2. The van der Waals surface area contributed by atoms with Crippen molar-refractivity contribution in [3.63, 3.8) is 0 Å². The highest BCUT2D eigenvalue weighted by molar-refractivity contribution is 6.08. The molecule has 2 unspecified atom stereocenters. The molecule has 126 valence electrons. The fourth-order valence-electron chi connectivity index (χ4n) is 5.55. The number of rotatable bonds is 2. The summed E-state index contributed by atoms with van der Waals surface area (Å²) in [7, 11) is 0. The number of aliphatic hydroxyl groups excluding tert-OH is 1. The highest BCUT2D eigenvalue weighted by Gasteiger charge is 2.82. The molecule has 4 rings (SSSR count). The van der Waals surface area contributed by atoms with E-state index in [0.29, 0.717) is 25.1 Å². The molecule has 3 atom stereocenters. The van der Waals surface area contributed by atoms with Crippen molar-refractivity contribution in [3.8, 4) is 0 Å². The van der Waals surface area contributed by atoms with Crippen LogP contribution in [0.3, 0.4) is 0 Å². The minimum atomic E-state index is -0.736. The lowest BCUT2D eigenvalue weighted by Gasteiger charge is -2.52. The summed E-state index contributed by atoms with van der Waals surface area (Å²) in [5.41, 5.74) is -0.219. The van der Waals surface area contributed by atoms with Crippen LogP contribution in [0.15, 0.2) is 42.2 Å². The Morgan fingerprint density at radius 1 is 1.25 bits per heavy atom. The van der Waals surface area contributed by atoms with Crippen LogP contribution in [0.2, 0.25) is 0 Å². The minimum absolute atomic E-state index is 0.0225. The Labute approximate surface area is 142 Å². The average molecular weight is 325 g/mol. The number of carbonyl (C=O) groups excluding carboxylic acids is 2. The van der Waals surface area contributed by atoms with Crippen molar-refractivity contribution in [1.82, 2.24) is 4.90 Å². The number of hydrogen-bond donors (Lipinski definition) is 1. The fraction of sp³-hybridized carbons (Fsp3) is 0.500. The van der Waals surface area contributed by atoms with Crippen molar-refractivity contribution in [1.29, 1.82) is 0 Å². The van der Waals surface area contributed by atoms with Crippen LogP contribution in [-0.2, 0) is 15.0 Å². The lowest BCUT2D eigenvalue weighted by Crippen LogP contribution is -2.61. The van der Waals surface area contributed by atoms with E-state index in [1.165, 1.54) is 0 Å². The summed E-state index contributed by atoms with van der Waals surface area (Å²) in [4.78, 5) is 28.3. The molecule has 24 heavy (non-hydrogen) atoms. The summed E-state index contributed by atoms with van der Waals surface area (Å²) >= 11 is 0. The van der Waals surface area contributed by atoms with E-state index in [0.717, 1.165) is 24.7 Å². The van der Waals surface area contributed by atoms with Crippen molar-refractivity contribution in [2.45, 2.75) is 38.5 Å². The molecule has 2 aliphatic carbocycles. The lowest BCUT2D eigenvalue weighted by molar-refractivity contribution is -0.149. The maximum Gasteiger partial charge on any atom is 0.234 e. The summed E-state index contributed by atoms with van der Waals surface area (Å²) in [5, 5.41) is 9.66. The molecule has 1 amide bonds. The number of allylic oxidation sites excluding steroid dienone is 1. The molecule has 2 saturated carbocycles. The summed E-state index contributed by atoms with van der Waals surface area (Å²) in [5.74, 6) is 0.132. The molecule has 4 heteroatoms. The molecule has 1 spiro atoms. The maximum absolute atomic E-state index is 13.6. The van der Waals surface area contributed by atoms with Crippen molar-refractivity contribution in [2.24, 2.45) is 10.8 Å². The summed E-state index contributed by atoms with van der Waals surface area (Å²) in [6.45, 7) is 5.36. The van der Waals surface area contributed by atoms with Crippen LogP contribution >= 0.6 is 0 Å². The zero-order chi connectivity index (χ0) is 17.2. The van der Waals surface area contributed by atoms with Gasteiger partial charge in [0.05, 0.1) is 11.7 Å². The Bertz CT molecular complexity index is 755. The van der Waals surface area contributed by atoms with Crippen LogP contribution in [-0.4, -0.2) is 34.8 Å². The first-order chi connectivity index (χ1) is 11.5. The molecule has 1 aliphatic heterocycles. The van der Waals surface area contributed by atoms with Gasteiger partial charge >= 0.3 is 0 Å². The largest absolute Gasteiger partial charge is 0.515 e.